The van der Waals surface area contributed by atoms with Gasteiger partial charge in [-0.05, 0) is 38.4 Å². The Bertz CT molecular complexity index is 281. The number of nitrogens with zero attached hydrogens (tertiary/aromatic N) is 2. The van der Waals surface area contributed by atoms with Crippen LogP contribution in [-0.2, 0) is 4.79 Å². The quantitative estimate of drug-likeness (QED) is 0.690. The number of hydrogen-bond donors (Lipinski definition) is 1. The summed E-state index contributed by atoms with van der Waals surface area (Å²) < 4.78 is 0. The van der Waals surface area contributed by atoms with Crippen LogP contribution < -0.4 is 5.32 Å². The third-order valence-electron chi connectivity index (χ3n) is 4.10. The lowest BCUT2D eigenvalue weighted by molar-refractivity contribution is -0.132. The van der Waals surface area contributed by atoms with Crippen molar-refractivity contribution in [3.05, 3.63) is 0 Å². The maximum atomic E-state index is 12.5. The zero-order chi connectivity index (χ0) is 15.0. The van der Waals surface area contributed by atoms with E-state index in [-0.39, 0.29) is 24.8 Å². The molecule has 1 N–H and O–H groups in total. The number of amides is 1. The van der Waals surface area contributed by atoms with Crippen LogP contribution in [0.25, 0.3) is 0 Å². The molecule has 0 aromatic carbocycles. The molecule has 0 aromatic heterocycles. The lowest BCUT2D eigenvalue weighted by Gasteiger charge is -2.28. The predicted molar refractivity (Wildman–Crippen MR) is 99.3 cm³/mol. The van der Waals surface area contributed by atoms with Crippen molar-refractivity contribution in [3.63, 3.8) is 0 Å². The summed E-state index contributed by atoms with van der Waals surface area (Å²) in [4.78, 5) is 16.9. The minimum absolute atomic E-state index is 0. The van der Waals surface area contributed by atoms with Gasteiger partial charge in [0.2, 0.25) is 5.91 Å². The number of hydrogen-bond acceptors (Lipinski definition) is 3. The molecule has 1 aliphatic heterocycles. The van der Waals surface area contributed by atoms with E-state index in [1.807, 2.05) is 0 Å². The molecule has 0 saturated carbocycles. The van der Waals surface area contributed by atoms with E-state index in [4.69, 9.17) is 0 Å². The minimum atomic E-state index is 0. The van der Waals surface area contributed by atoms with Gasteiger partial charge in [0, 0.05) is 32.1 Å². The second-order valence-corrected chi connectivity index (χ2v) is 6.26. The fourth-order valence-electron chi connectivity index (χ4n) is 2.83. The summed E-state index contributed by atoms with van der Waals surface area (Å²) >= 11 is 0. The fraction of sp³-hybridized carbons (Fsp3) is 0.938. The average molecular weight is 356 g/mol. The highest BCUT2D eigenvalue weighted by Crippen LogP contribution is 2.11. The molecule has 0 spiro atoms. The monoisotopic (exact) mass is 355 g/mol. The highest BCUT2D eigenvalue weighted by molar-refractivity contribution is 5.85. The largest absolute Gasteiger partial charge is 0.341 e. The highest BCUT2D eigenvalue weighted by atomic mass is 35.5. The zero-order valence-electron chi connectivity index (χ0n) is 14.6. The van der Waals surface area contributed by atoms with Crippen LogP contribution in [0, 0.1) is 5.92 Å². The average Bonchev–Trinajstić information content (AvgIpc) is 2.90. The molecule has 6 heteroatoms. The van der Waals surface area contributed by atoms with Crippen LogP contribution in [0.4, 0.5) is 0 Å². The van der Waals surface area contributed by atoms with Crippen LogP contribution in [-0.4, -0.2) is 61.0 Å². The lowest BCUT2D eigenvalue weighted by atomic mass is 10.1. The molecule has 0 aliphatic carbocycles. The molecule has 1 fully saturated rings. The van der Waals surface area contributed by atoms with Gasteiger partial charge >= 0.3 is 0 Å². The van der Waals surface area contributed by atoms with Gasteiger partial charge in [0.15, 0.2) is 0 Å². The van der Waals surface area contributed by atoms with Crippen molar-refractivity contribution in [3.8, 4) is 0 Å². The Morgan fingerprint density at radius 3 is 2.27 bits per heavy atom. The Morgan fingerprint density at radius 1 is 1.18 bits per heavy atom. The van der Waals surface area contributed by atoms with Crippen molar-refractivity contribution in [2.24, 2.45) is 5.92 Å². The van der Waals surface area contributed by atoms with Crippen molar-refractivity contribution in [2.75, 3.05) is 39.3 Å². The number of halogens is 2. The molecular formula is C16H35Cl2N3O. The number of likely N-dealkylation sites (N-methyl/N-ethyl adjacent to an activating group) is 1. The summed E-state index contributed by atoms with van der Waals surface area (Å²) in [5.74, 6) is 0.859. The van der Waals surface area contributed by atoms with Crippen LogP contribution in [0.15, 0.2) is 0 Å². The summed E-state index contributed by atoms with van der Waals surface area (Å²) in [6.07, 6.45) is 3.03. The summed E-state index contributed by atoms with van der Waals surface area (Å²) in [7, 11) is 0. The molecule has 1 unspecified atom stereocenters. The van der Waals surface area contributed by atoms with Gasteiger partial charge in [-0.3, -0.25) is 4.79 Å². The Hall–Kier alpha value is -0.0300. The molecule has 0 radical (unpaired) electrons. The lowest BCUT2D eigenvalue weighted by Crippen LogP contribution is -2.42. The molecule has 1 rings (SSSR count). The van der Waals surface area contributed by atoms with Gasteiger partial charge in [0.05, 0.1) is 0 Å². The Labute approximate surface area is 149 Å². The first-order chi connectivity index (χ1) is 9.56. The maximum Gasteiger partial charge on any atom is 0.224 e. The first-order valence-corrected chi connectivity index (χ1v) is 8.30. The summed E-state index contributed by atoms with van der Waals surface area (Å²) in [5.41, 5.74) is 0. The number of rotatable bonds is 9. The van der Waals surface area contributed by atoms with Crippen molar-refractivity contribution in [1.82, 2.24) is 15.1 Å². The van der Waals surface area contributed by atoms with Crippen LogP contribution >= 0.6 is 24.8 Å². The molecule has 0 aromatic rings. The smallest absolute Gasteiger partial charge is 0.224 e. The molecule has 1 heterocycles. The van der Waals surface area contributed by atoms with E-state index >= 15 is 0 Å². The van der Waals surface area contributed by atoms with Crippen molar-refractivity contribution >= 4 is 30.7 Å². The Morgan fingerprint density at radius 2 is 1.82 bits per heavy atom. The van der Waals surface area contributed by atoms with E-state index in [0.29, 0.717) is 24.3 Å². The molecule has 22 heavy (non-hydrogen) atoms. The topological polar surface area (TPSA) is 35.6 Å². The van der Waals surface area contributed by atoms with Crippen molar-refractivity contribution in [2.45, 2.75) is 53.0 Å². The third-order valence-corrected chi connectivity index (χ3v) is 4.10. The molecule has 1 aliphatic rings. The van der Waals surface area contributed by atoms with Crippen LogP contribution in [0.3, 0.4) is 0 Å². The zero-order valence-corrected chi connectivity index (χ0v) is 16.3. The number of nitrogens with one attached hydrogen (secondary N) is 1. The summed E-state index contributed by atoms with van der Waals surface area (Å²) in [6, 6.07) is 0.408. The van der Waals surface area contributed by atoms with Crippen molar-refractivity contribution < 1.29 is 4.79 Å². The Kier molecular flexibility index (Phi) is 14.8. The van der Waals surface area contributed by atoms with Gasteiger partial charge in [-0.2, -0.15) is 0 Å². The van der Waals surface area contributed by atoms with E-state index < -0.39 is 0 Å². The Balaban J connectivity index is 0. The molecule has 1 atom stereocenters. The van der Waals surface area contributed by atoms with Crippen LogP contribution in [0.1, 0.15) is 47.0 Å². The van der Waals surface area contributed by atoms with Crippen molar-refractivity contribution in [1.29, 1.82) is 0 Å². The third kappa shape index (κ3) is 9.19. The number of carbonyl (C=O) groups is 1. The standard InChI is InChI=1S/C16H33N3O.2ClH/c1-5-18(6-2)10-11-19(13-14(3)4)16(20)12-15-8-7-9-17-15;;/h14-15,17H,5-13H2,1-4H3;2*1H. The molecule has 1 saturated heterocycles. The first-order valence-electron chi connectivity index (χ1n) is 8.30. The molecule has 4 nitrogen and oxygen atoms in total. The molecular weight excluding hydrogens is 321 g/mol. The van der Waals surface area contributed by atoms with E-state index in [0.717, 1.165) is 45.7 Å². The van der Waals surface area contributed by atoms with Crippen LogP contribution in [0.5, 0.6) is 0 Å². The highest BCUT2D eigenvalue weighted by Gasteiger charge is 2.22. The number of carbonyl (C=O) groups excluding carboxylic acids is 1. The second kappa shape index (κ2) is 13.4. The van der Waals surface area contributed by atoms with E-state index in [1.54, 1.807) is 0 Å². The van der Waals surface area contributed by atoms with Gasteiger partial charge in [-0.1, -0.05) is 27.7 Å². The van der Waals surface area contributed by atoms with Gasteiger partial charge in [-0.15, -0.1) is 24.8 Å². The minimum Gasteiger partial charge on any atom is -0.341 e. The normalized spacial score (nSPS) is 17.3. The van der Waals surface area contributed by atoms with E-state index in [2.05, 4.69) is 42.8 Å². The molecule has 1 amide bonds. The van der Waals surface area contributed by atoms with Gasteiger partial charge in [0.1, 0.15) is 0 Å². The maximum absolute atomic E-state index is 12.5. The van der Waals surface area contributed by atoms with Gasteiger partial charge in [-0.25, -0.2) is 0 Å². The summed E-state index contributed by atoms with van der Waals surface area (Å²) in [6.45, 7) is 14.7. The van der Waals surface area contributed by atoms with E-state index in [1.165, 1.54) is 6.42 Å². The molecule has 0 bridgehead atoms. The second-order valence-electron chi connectivity index (χ2n) is 6.26. The van der Waals surface area contributed by atoms with E-state index in [9.17, 15) is 4.79 Å². The predicted octanol–water partition coefficient (Wildman–Crippen LogP) is 2.80. The summed E-state index contributed by atoms with van der Waals surface area (Å²) in [5, 5.41) is 3.42. The SMILES string of the molecule is CCN(CC)CCN(CC(C)C)C(=O)CC1CCCN1.Cl.Cl. The molecule has 134 valence electrons. The fourth-order valence-corrected chi connectivity index (χ4v) is 2.83. The van der Waals surface area contributed by atoms with Crippen LogP contribution in [0.2, 0.25) is 0 Å². The van der Waals surface area contributed by atoms with Gasteiger partial charge in [0.25, 0.3) is 0 Å². The van der Waals surface area contributed by atoms with Gasteiger partial charge < -0.3 is 15.1 Å². The first kappa shape index (κ1) is 24.2.